The first kappa shape index (κ1) is 11.1. The van der Waals surface area contributed by atoms with Gasteiger partial charge < -0.3 is 5.32 Å². The Bertz CT molecular complexity index is 485. The molecule has 0 aliphatic rings. The van der Waals surface area contributed by atoms with Crippen molar-refractivity contribution in [3.63, 3.8) is 0 Å². The van der Waals surface area contributed by atoms with Gasteiger partial charge in [-0.2, -0.15) is 0 Å². The highest BCUT2D eigenvalue weighted by Gasteiger charge is 2.00. The molecular weight excluding hydrogens is 266 g/mol. The van der Waals surface area contributed by atoms with E-state index < -0.39 is 0 Å². The van der Waals surface area contributed by atoms with Gasteiger partial charge in [0.05, 0.1) is 4.47 Å². The SMILES string of the molecule is Cc1cccc(CNc2ncncc2Br)c1. The molecule has 1 aromatic heterocycles. The molecule has 0 unspecified atom stereocenters. The molecule has 0 saturated carbocycles. The highest BCUT2D eigenvalue weighted by molar-refractivity contribution is 9.10. The normalized spacial score (nSPS) is 10.1. The molecule has 0 amide bonds. The van der Waals surface area contributed by atoms with Gasteiger partial charge in [0.2, 0.25) is 0 Å². The molecule has 2 rings (SSSR count). The minimum Gasteiger partial charge on any atom is -0.365 e. The molecule has 4 heteroatoms. The van der Waals surface area contributed by atoms with E-state index in [1.165, 1.54) is 17.5 Å². The molecular formula is C12H12BrN3. The summed E-state index contributed by atoms with van der Waals surface area (Å²) < 4.78 is 0.877. The minimum absolute atomic E-state index is 0.761. The Balaban J connectivity index is 2.05. The van der Waals surface area contributed by atoms with Crippen LogP contribution in [0.25, 0.3) is 0 Å². The third kappa shape index (κ3) is 2.79. The smallest absolute Gasteiger partial charge is 0.144 e. The fourth-order valence-corrected chi connectivity index (χ4v) is 1.81. The number of anilines is 1. The average Bonchev–Trinajstić information content (AvgIpc) is 2.28. The van der Waals surface area contributed by atoms with Gasteiger partial charge in [-0.3, -0.25) is 0 Å². The van der Waals surface area contributed by atoms with Crippen molar-refractivity contribution in [2.75, 3.05) is 5.32 Å². The summed E-state index contributed by atoms with van der Waals surface area (Å²) in [5, 5.41) is 3.26. The van der Waals surface area contributed by atoms with Crippen LogP contribution >= 0.6 is 15.9 Å². The maximum atomic E-state index is 4.15. The fraction of sp³-hybridized carbons (Fsp3) is 0.167. The summed E-state index contributed by atoms with van der Waals surface area (Å²) in [6.45, 7) is 2.85. The fourth-order valence-electron chi connectivity index (χ4n) is 1.45. The Kier molecular flexibility index (Phi) is 3.51. The van der Waals surface area contributed by atoms with Crippen molar-refractivity contribution in [1.82, 2.24) is 9.97 Å². The van der Waals surface area contributed by atoms with Crippen LogP contribution in [0, 0.1) is 6.92 Å². The molecule has 1 heterocycles. The molecule has 16 heavy (non-hydrogen) atoms. The minimum atomic E-state index is 0.761. The molecule has 0 saturated heterocycles. The van der Waals surface area contributed by atoms with Crippen LogP contribution in [0.3, 0.4) is 0 Å². The lowest BCUT2D eigenvalue weighted by molar-refractivity contribution is 1.07. The van der Waals surface area contributed by atoms with Gasteiger partial charge in [-0.15, -0.1) is 0 Å². The Morgan fingerprint density at radius 2 is 2.25 bits per heavy atom. The van der Waals surface area contributed by atoms with Crippen molar-refractivity contribution in [3.8, 4) is 0 Å². The van der Waals surface area contributed by atoms with E-state index >= 15 is 0 Å². The summed E-state index contributed by atoms with van der Waals surface area (Å²) in [7, 11) is 0. The summed E-state index contributed by atoms with van der Waals surface area (Å²) in [5.74, 6) is 0.816. The first-order valence-corrected chi connectivity index (χ1v) is 5.80. The number of nitrogens with zero attached hydrogens (tertiary/aromatic N) is 2. The summed E-state index contributed by atoms with van der Waals surface area (Å²) in [6.07, 6.45) is 3.26. The summed E-state index contributed by atoms with van der Waals surface area (Å²) in [6, 6.07) is 8.39. The van der Waals surface area contributed by atoms with Gasteiger partial charge >= 0.3 is 0 Å². The summed E-state index contributed by atoms with van der Waals surface area (Å²) >= 11 is 3.40. The number of rotatable bonds is 3. The number of hydrogen-bond acceptors (Lipinski definition) is 3. The van der Waals surface area contributed by atoms with E-state index in [1.54, 1.807) is 6.20 Å². The lowest BCUT2D eigenvalue weighted by Crippen LogP contribution is -2.02. The van der Waals surface area contributed by atoms with E-state index in [9.17, 15) is 0 Å². The predicted octanol–water partition coefficient (Wildman–Crippen LogP) is 3.16. The van der Waals surface area contributed by atoms with Crippen molar-refractivity contribution < 1.29 is 0 Å². The van der Waals surface area contributed by atoms with E-state index in [4.69, 9.17) is 0 Å². The first-order chi connectivity index (χ1) is 7.75. The number of benzene rings is 1. The molecule has 0 atom stereocenters. The third-order valence-corrected chi connectivity index (χ3v) is 2.79. The van der Waals surface area contributed by atoms with Crippen molar-refractivity contribution in [2.24, 2.45) is 0 Å². The largest absolute Gasteiger partial charge is 0.365 e. The molecule has 0 bridgehead atoms. The van der Waals surface area contributed by atoms with Crippen molar-refractivity contribution in [3.05, 3.63) is 52.4 Å². The van der Waals surface area contributed by atoms with Crippen LogP contribution in [-0.2, 0) is 6.54 Å². The maximum Gasteiger partial charge on any atom is 0.144 e. The molecule has 82 valence electrons. The molecule has 3 nitrogen and oxygen atoms in total. The highest BCUT2D eigenvalue weighted by atomic mass is 79.9. The quantitative estimate of drug-likeness (QED) is 0.937. The van der Waals surface area contributed by atoms with Crippen LogP contribution in [0.1, 0.15) is 11.1 Å². The van der Waals surface area contributed by atoms with E-state index in [0.29, 0.717) is 0 Å². The molecule has 0 aliphatic heterocycles. The van der Waals surface area contributed by atoms with E-state index in [-0.39, 0.29) is 0 Å². The first-order valence-electron chi connectivity index (χ1n) is 5.00. The third-order valence-electron chi connectivity index (χ3n) is 2.21. The molecule has 0 fully saturated rings. The summed E-state index contributed by atoms with van der Waals surface area (Å²) in [5.41, 5.74) is 2.51. The molecule has 0 radical (unpaired) electrons. The van der Waals surface area contributed by atoms with Crippen LogP contribution in [0.15, 0.2) is 41.3 Å². The number of aryl methyl sites for hydroxylation is 1. The molecule has 1 aromatic carbocycles. The van der Waals surface area contributed by atoms with Crippen LogP contribution in [0.4, 0.5) is 5.82 Å². The number of nitrogens with one attached hydrogen (secondary N) is 1. The second kappa shape index (κ2) is 5.07. The van der Waals surface area contributed by atoms with Gasteiger partial charge in [0, 0.05) is 12.7 Å². The van der Waals surface area contributed by atoms with Gasteiger partial charge in [0.25, 0.3) is 0 Å². The van der Waals surface area contributed by atoms with E-state index in [0.717, 1.165) is 16.8 Å². The number of halogens is 1. The molecule has 1 N–H and O–H groups in total. The topological polar surface area (TPSA) is 37.8 Å². The van der Waals surface area contributed by atoms with Gasteiger partial charge in [-0.25, -0.2) is 9.97 Å². The van der Waals surface area contributed by atoms with Gasteiger partial charge in [-0.05, 0) is 28.4 Å². The van der Waals surface area contributed by atoms with E-state index in [2.05, 4.69) is 62.4 Å². The van der Waals surface area contributed by atoms with Gasteiger partial charge in [0.15, 0.2) is 0 Å². The molecule has 0 spiro atoms. The van der Waals surface area contributed by atoms with Crippen molar-refractivity contribution in [1.29, 1.82) is 0 Å². The second-order valence-corrected chi connectivity index (χ2v) is 4.42. The van der Waals surface area contributed by atoms with Crippen LogP contribution in [0.5, 0.6) is 0 Å². The highest BCUT2D eigenvalue weighted by Crippen LogP contribution is 2.17. The monoisotopic (exact) mass is 277 g/mol. The zero-order valence-corrected chi connectivity index (χ0v) is 10.5. The van der Waals surface area contributed by atoms with Gasteiger partial charge in [-0.1, -0.05) is 29.8 Å². The van der Waals surface area contributed by atoms with Crippen LogP contribution in [0.2, 0.25) is 0 Å². The maximum absolute atomic E-state index is 4.15. The Labute approximate surface area is 103 Å². The predicted molar refractivity (Wildman–Crippen MR) is 68.2 cm³/mol. The van der Waals surface area contributed by atoms with Gasteiger partial charge in [0.1, 0.15) is 12.1 Å². The Morgan fingerprint density at radius 1 is 1.38 bits per heavy atom. The Morgan fingerprint density at radius 3 is 3.00 bits per heavy atom. The van der Waals surface area contributed by atoms with E-state index in [1.807, 2.05) is 0 Å². The number of aromatic nitrogens is 2. The number of hydrogen-bond donors (Lipinski definition) is 1. The lowest BCUT2D eigenvalue weighted by Gasteiger charge is -2.07. The standard InChI is InChI=1S/C12H12BrN3/c1-9-3-2-4-10(5-9)6-15-12-11(13)7-14-8-16-12/h2-5,7-8H,6H2,1H3,(H,14,15,16). The second-order valence-electron chi connectivity index (χ2n) is 3.56. The zero-order chi connectivity index (χ0) is 11.4. The Hall–Kier alpha value is -1.42. The molecule has 0 aliphatic carbocycles. The van der Waals surface area contributed by atoms with Crippen molar-refractivity contribution >= 4 is 21.7 Å². The molecule has 2 aromatic rings. The van der Waals surface area contributed by atoms with Crippen LogP contribution < -0.4 is 5.32 Å². The zero-order valence-electron chi connectivity index (χ0n) is 8.94. The lowest BCUT2D eigenvalue weighted by atomic mass is 10.1. The summed E-state index contributed by atoms with van der Waals surface area (Å²) in [4.78, 5) is 8.06. The van der Waals surface area contributed by atoms with Crippen LogP contribution in [-0.4, -0.2) is 9.97 Å². The van der Waals surface area contributed by atoms with Crippen molar-refractivity contribution in [2.45, 2.75) is 13.5 Å². The average molecular weight is 278 g/mol.